The van der Waals surface area contributed by atoms with Gasteiger partial charge < -0.3 is 5.73 Å². The summed E-state index contributed by atoms with van der Waals surface area (Å²) in [5.41, 5.74) is 10.3. The number of amides is 1. The topological polar surface area (TPSA) is 43.1 Å². The molecule has 0 saturated heterocycles. The summed E-state index contributed by atoms with van der Waals surface area (Å²) in [4.78, 5) is 12.2. The fourth-order valence-electron chi connectivity index (χ4n) is 2.44. The molecule has 0 aromatic heterocycles. The van der Waals surface area contributed by atoms with Crippen molar-refractivity contribution in [2.24, 2.45) is 5.73 Å². The number of nitrogens with two attached hydrogens (primary N) is 1. The van der Waals surface area contributed by atoms with Crippen LogP contribution in [0.4, 0.5) is 0 Å². The van der Waals surface area contributed by atoms with E-state index in [1.807, 2.05) is 12.1 Å². The normalized spacial score (nSPS) is 12.9. The van der Waals surface area contributed by atoms with Crippen molar-refractivity contribution in [3.05, 3.63) is 70.8 Å². The van der Waals surface area contributed by atoms with Crippen LogP contribution in [0.3, 0.4) is 0 Å². The maximum atomic E-state index is 11.1. The number of rotatable bonds is 3. The zero-order valence-electron chi connectivity index (χ0n) is 11.0. The Hall–Kier alpha value is -2.00. The number of carbonyl (C=O) groups is 1. The Morgan fingerprint density at radius 2 is 1.75 bits per heavy atom. The van der Waals surface area contributed by atoms with Crippen LogP contribution in [0, 0.1) is 0 Å². The van der Waals surface area contributed by atoms with Crippen LogP contribution in [0.2, 0.25) is 0 Å². The first-order valence-corrected chi connectivity index (χ1v) is 7.51. The van der Waals surface area contributed by atoms with Gasteiger partial charge in [0.25, 0.3) is 0 Å². The van der Waals surface area contributed by atoms with Crippen LogP contribution in [0.5, 0.6) is 0 Å². The molecule has 0 aliphatic heterocycles. The predicted molar refractivity (Wildman–Crippen MR) is 85.2 cm³/mol. The van der Waals surface area contributed by atoms with Gasteiger partial charge in [-0.3, -0.25) is 4.79 Å². The van der Waals surface area contributed by atoms with Gasteiger partial charge in [0.15, 0.2) is 0 Å². The van der Waals surface area contributed by atoms with Gasteiger partial charge >= 0.3 is 0 Å². The first-order valence-electron chi connectivity index (χ1n) is 6.53. The van der Waals surface area contributed by atoms with Crippen molar-refractivity contribution in [2.75, 3.05) is 5.75 Å². The summed E-state index contributed by atoms with van der Waals surface area (Å²) >= 11 is 1.51. The van der Waals surface area contributed by atoms with Crippen LogP contribution in [0.25, 0.3) is 11.0 Å². The molecule has 0 radical (unpaired) electrons. The van der Waals surface area contributed by atoms with Gasteiger partial charge in [-0.15, -0.1) is 11.8 Å². The Labute approximate surface area is 122 Å². The zero-order chi connectivity index (χ0) is 13.9. The van der Waals surface area contributed by atoms with E-state index in [9.17, 15) is 4.79 Å². The molecule has 20 heavy (non-hydrogen) atoms. The second kappa shape index (κ2) is 5.55. The smallest absolute Gasteiger partial charge is 0.227 e. The van der Waals surface area contributed by atoms with Gasteiger partial charge in [-0.25, -0.2) is 0 Å². The van der Waals surface area contributed by atoms with Crippen molar-refractivity contribution in [1.82, 2.24) is 0 Å². The molecule has 2 aromatic rings. The second-order valence-electron chi connectivity index (χ2n) is 4.80. The Morgan fingerprint density at radius 3 is 2.55 bits per heavy atom. The van der Waals surface area contributed by atoms with E-state index in [1.54, 1.807) is 0 Å². The summed E-state index contributed by atoms with van der Waals surface area (Å²) in [6.07, 6.45) is 3.08. The lowest BCUT2D eigenvalue weighted by molar-refractivity contribution is -0.115. The molecule has 100 valence electrons. The average molecular weight is 281 g/mol. The Balaban J connectivity index is 2.09. The monoisotopic (exact) mass is 281 g/mol. The van der Waals surface area contributed by atoms with Gasteiger partial charge in [-0.05, 0) is 34.8 Å². The SMILES string of the molecule is NC(=O)CSC1=Cc2ccccc2Cc2ccccc21. The zero-order valence-corrected chi connectivity index (χ0v) is 11.8. The highest BCUT2D eigenvalue weighted by Crippen LogP contribution is 2.36. The summed E-state index contributed by atoms with van der Waals surface area (Å²) in [6, 6.07) is 16.7. The third-order valence-corrected chi connectivity index (χ3v) is 4.45. The number of hydrogen-bond acceptors (Lipinski definition) is 2. The third-order valence-electron chi connectivity index (χ3n) is 3.38. The van der Waals surface area contributed by atoms with E-state index < -0.39 is 0 Å². The third kappa shape index (κ3) is 2.63. The summed E-state index contributed by atoms with van der Waals surface area (Å²) < 4.78 is 0. The van der Waals surface area contributed by atoms with Crippen LogP contribution in [0.1, 0.15) is 22.3 Å². The van der Waals surface area contributed by atoms with Crippen molar-refractivity contribution >= 4 is 28.7 Å². The lowest BCUT2D eigenvalue weighted by Crippen LogP contribution is -2.13. The molecule has 0 saturated carbocycles. The van der Waals surface area contributed by atoms with Gasteiger partial charge in [0, 0.05) is 4.91 Å². The molecule has 2 N–H and O–H groups in total. The van der Waals surface area contributed by atoms with Crippen molar-refractivity contribution < 1.29 is 4.79 Å². The van der Waals surface area contributed by atoms with E-state index in [-0.39, 0.29) is 5.91 Å². The molecule has 1 aliphatic rings. The molecule has 0 atom stereocenters. The number of primary amides is 1. The van der Waals surface area contributed by atoms with Crippen molar-refractivity contribution in [2.45, 2.75) is 6.42 Å². The summed E-state index contributed by atoms with van der Waals surface area (Å²) in [5, 5.41) is 0. The van der Waals surface area contributed by atoms with Gasteiger partial charge in [0.1, 0.15) is 0 Å². The Bertz CT molecular complexity index is 691. The Kier molecular flexibility index (Phi) is 3.61. The molecule has 0 heterocycles. The van der Waals surface area contributed by atoms with Crippen molar-refractivity contribution in [3.63, 3.8) is 0 Å². The number of fused-ring (bicyclic) bond motifs is 2. The second-order valence-corrected chi connectivity index (χ2v) is 5.81. The molecular formula is C17H15NOS. The molecule has 1 amide bonds. The van der Waals surface area contributed by atoms with E-state index in [2.05, 4.69) is 42.5 Å². The van der Waals surface area contributed by atoms with Gasteiger partial charge in [0.2, 0.25) is 5.91 Å². The molecule has 3 heteroatoms. The van der Waals surface area contributed by atoms with E-state index in [0.717, 1.165) is 11.3 Å². The van der Waals surface area contributed by atoms with Crippen LogP contribution in [-0.4, -0.2) is 11.7 Å². The number of benzene rings is 2. The fourth-order valence-corrected chi connectivity index (χ4v) is 3.31. The summed E-state index contributed by atoms with van der Waals surface area (Å²) in [6.45, 7) is 0. The minimum Gasteiger partial charge on any atom is -0.369 e. The predicted octanol–water partition coefficient (Wildman–Crippen LogP) is 3.31. The first-order chi connectivity index (χ1) is 9.74. The molecule has 0 unspecified atom stereocenters. The number of thioether (sulfide) groups is 1. The Morgan fingerprint density at radius 1 is 1.05 bits per heavy atom. The molecule has 3 rings (SSSR count). The highest BCUT2D eigenvalue weighted by atomic mass is 32.2. The van der Waals surface area contributed by atoms with Crippen molar-refractivity contribution in [3.8, 4) is 0 Å². The van der Waals surface area contributed by atoms with E-state index in [4.69, 9.17) is 5.73 Å². The van der Waals surface area contributed by atoms with Crippen molar-refractivity contribution in [1.29, 1.82) is 0 Å². The summed E-state index contributed by atoms with van der Waals surface area (Å²) in [7, 11) is 0. The van der Waals surface area contributed by atoms with Gasteiger partial charge in [-0.2, -0.15) is 0 Å². The molecule has 0 bridgehead atoms. The van der Waals surface area contributed by atoms with Crippen LogP contribution in [-0.2, 0) is 11.2 Å². The van der Waals surface area contributed by atoms with Crippen LogP contribution in [0.15, 0.2) is 48.5 Å². The largest absolute Gasteiger partial charge is 0.369 e. The number of carbonyl (C=O) groups excluding carboxylic acids is 1. The molecule has 0 fully saturated rings. The maximum Gasteiger partial charge on any atom is 0.227 e. The van der Waals surface area contributed by atoms with Crippen LogP contribution >= 0.6 is 11.8 Å². The number of hydrogen-bond donors (Lipinski definition) is 1. The van der Waals surface area contributed by atoms with Gasteiger partial charge in [0.05, 0.1) is 5.75 Å². The molecule has 2 aromatic carbocycles. The average Bonchev–Trinajstić information content (AvgIpc) is 2.61. The highest BCUT2D eigenvalue weighted by Gasteiger charge is 2.15. The maximum absolute atomic E-state index is 11.1. The lowest BCUT2D eigenvalue weighted by atomic mass is 10.0. The minimum absolute atomic E-state index is 0.286. The molecule has 2 nitrogen and oxygen atoms in total. The minimum atomic E-state index is -0.286. The summed E-state index contributed by atoms with van der Waals surface area (Å²) in [5.74, 6) is 0.0217. The highest BCUT2D eigenvalue weighted by molar-refractivity contribution is 8.09. The molecular weight excluding hydrogens is 266 g/mol. The quantitative estimate of drug-likeness (QED) is 0.938. The standard InChI is InChI=1S/C17H15NOS/c18-17(19)11-20-16-10-13-6-2-1-5-12(13)9-14-7-3-4-8-15(14)16/h1-8,10H,9,11H2,(H2,18,19). The van der Waals surface area contributed by atoms with E-state index in [0.29, 0.717) is 5.75 Å². The lowest BCUT2D eigenvalue weighted by Gasteiger charge is -2.09. The molecule has 0 spiro atoms. The fraction of sp³-hybridized carbons (Fsp3) is 0.118. The van der Waals surface area contributed by atoms with E-state index >= 15 is 0 Å². The van der Waals surface area contributed by atoms with Gasteiger partial charge in [-0.1, -0.05) is 48.5 Å². The van der Waals surface area contributed by atoms with Crippen LogP contribution < -0.4 is 5.73 Å². The molecule has 1 aliphatic carbocycles. The van der Waals surface area contributed by atoms with E-state index in [1.165, 1.54) is 34.0 Å². The first kappa shape index (κ1) is 13.0.